The molecule has 2 rings (SSSR count). The minimum absolute atomic E-state index is 0.587. The molecule has 0 unspecified atom stereocenters. The number of aromatic amines is 1. The van der Waals surface area contributed by atoms with Gasteiger partial charge in [0.15, 0.2) is 5.15 Å². The number of hydrogen-bond donors (Lipinski definition) is 2. The number of aromatic nitrogens is 4. The number of imidazole rings is 1. The lowest BCUT2D eigenvalue weighted by Gasteiger charge is -2.04. The molecule has 0 fully saturated rings. The van der Waals surface area contributed by atoms with Crippen LogP contribution in [0.1, 0.15) is 37.0 Å². The van der Waals surface area contributed by atoms with E-state index in [9.17, 15) is 0 Å². The van der Waals surface area contributed by atoms with E-state index in [1.807, 2.05) is 24.0 Å². The normalized spacial score (nSPS) is 11.2. The van der Waals surface area contributed by atoms with Gasteiger partial charge in [0.1, 0.15) is 5.82 Å². The largest absolute Gasteiger partial charge is 0.344 e. The summed E-state index contributed by atoms with van der Waals surface area (Å²) in [5.41, 5.74) is 2.19. The van der Waals surface area contributed by atoms with Crippen molar-refractivity contribution < 1.29 is 0 Å². The van der Waals surface area contributed by atoms with Crippen LogP contribution in [0.25, 0.3) is 0 Å². The third kappa shape index (κ3) is 4.08. The first-order chi connectivity index (χ1) is 9.70. The van der Waals surface area contributed by atoms with Gasteiger partial charge in [0.25, 0.3) is 0 Å². The van der Waals surface area contributed by atoms with Crippen LogP contribution in [-0.4, -0.2) is 26.3 Å². The highest BCUT2D eigenvalue weighted by atomic mass is 35.5. The fraction of sp³-hybridized carbons (Fsp3) is 0.571. The smallest absolute Gasteiger partial charge is 0.151 e. The zero-order valence-electron chi connectivity index (χ0n) is 12.1. The van der Waals surface area contributed by atoms with E-state index in [0.717, 1.165) is 50.3 Å². The zero-order chi connectivity index (χ0) is 14.4. The zero-order valence-corrected chi connectivity index (χ0v) is 12.9. The lowest BCUT2D eigenvalue weighted by molar-refractivity contribution is 0.637. The van der Waals surface area contributed by atoms with Gasteiger partial charge in [-0.3, -0.25) is 4.68 Å². The van der Waals surface area contributed by atoms with E-state index in [2.05, 4.69) is 27.3 Å². The van der Waals surface area contributed by atoms with Gasteiger partial charge >= 0.3 is 0 Å². The van der Waals surface area contributed by atoms with E-state index in [1.165, 1.54) is 5.69 Å². The maximum atomic E-state index is 6.13. The van der Waals surface area contributed by atoms with Gasteiger partial charge in [0, 0.05) is 44.9 Å². The van der Waals surface area contributed by atoms with Crippen molar-refractivity contribution in [3.8, 4) is 0 Å². The molecule has 0 aliphatic carbocycles. The van der Waals surface area contributed by atoms with Gasteiger partial charge in [-0.25, -0.2) is 4.98 Å². The number of hydrogen-bond acceptors (Lipinski definition) is 3. The van der Waals surface area contributed by atoms with Gasteiger partial charge in [0.05, 0.1) is 5.69 Å². The Labute approximate surface area is 124 Å². The van der Waals surface area contributed by atoms with Crippen LogP contribution in [0.15, 0.2) is 12.3 Å². The molecule has 110 valence electrons. The molecular weight excluding hydrogens is 274 g/mol. The summed E-state index contributed by atoms with van der Waals surface area (Å²) in [7, 11) is 1.96. The van der Waals surface area contributed by atoms with Gasteiger partial charge in [-0.15, -0.1) is 0 Å². The van der Waals surface area contributed by atoms with Gasteiger partial charge < -0.3 is 10.3 Å². The maximum absolute atomic E-state index is 6.13. The molecule has 2 heterocycles. The number of rotatable bonds is 8. The van der Waals surface area contributed by atoms with Gasteiger partial charge in [-0.1, -0.05) is 24.9 Å². The van der Waals surface area contributed by atoms with Crippen molar-refractivity contribution in [3.05, 3.63) is 34.6 Å². The molecule has 2 aromatic rings. The highest BCUT2D eigenvalue weighted by Crippen LogP contribution is 2.13. The standard InChI is InChI=1S/C14H22ClN5/c1-3-4-5-13-18-12(14(15)19-13)10-16-8-6-11-7-9-17-20(11)2/h7,9,16H,3-6,8,10H2,1-2H3,(H,18,19). The summed E-state index contributed by atoms with van der Waals surface area (Å²) in [4.78, 5) is 7.64. The molecule has 0 atom stereocenters. The van der Waals surface area contributed by atoms with Crippen LogP contribution < -0.4 is 5.32 Å². The number of aryl methyl sites for hydroxylation is 2. The van der Waals surface area contributed by atoms with Crippen molar-refractivity contribution in [2.75, 3.05) is 6.54 Å². The van der Waals surface area contributed by atoms with E-state index in [-0.39, 0.29) is 0 Å². The van der Waals surface area contributed by atoms with Crippen LogP contribution in [0.3, 0.4) is 0 Å². The van der Waals surface area contributed by atoms with E-state index in [0.29, 0.717) is 5.15 Å². The molecule has 0 saturated carbocycles. The first-order valence-corrected chi connectivity index (χ1v) is 7.49. The molecule has 0 saturated heterocycles. The second-order valence-corrected chi connectivity index (χ2v) is 5.29. The average Bonchev–Trinajstić information content (AvgIpc) is 2.99. The number of nitrogens with one attached hydrogen (secondary N) is 2. The Balaban J connectivity index is 1.76. The van der Waals surface area contributed by atoms with Gasteiger partial charge in [-0.05, 0) is 12.5 Å². The van der Waals surface area contributed by atoms with Crippen molar-refractivity contribution >= 4 is 11.6 Å². The Hall–Kier alpha value is -1.33. The summed E-state index contributed by atoms with van der Waals surface area (Å²) in [5, 5.41) is 8.12. The Morgan fingerprint density at radius 1 is 1.40 bits per heavy atom. The number of unbranched alkanes of at least 4 members (excludes halogenated alkanes) is 1. The van der Waals surface area contributed by atoms with E-state index >= 15 is 0 Å². The first kappa shape index (κ1) is 15.1. The lowest BCUT2D eigenvalue weighted by atomic mass is 10.2. The van der Waals surface area contributed by atoms with Crippen LogP contribution in [0, 0.1) is 0 Å². The minimum atomic E-state index is 0.587. The maximum Gasteiger partial charge on any atom is 0.151 e. The number of nitrogens with zero attached hydrogens (tertiary/aromatic N) is 3. The topological polar surface area (TPSA) is 58.5 Å². The Morgan fingerprint density at radius 2 is 2.25 bits per heavy atom. The van der Waals surface area contributed by atoms with Crippen LogP contribution >= 0.6 is 11.6 Å². The molecule has 0 aliphatic heterocycles. The van der Waals surface area contributed by atoms with E-state index in [4.69, 9.17) is 11.6 Å². The SMILES string of the molecule is CCCCc1nc(Cl)c(CNCCc2ccnn2C)[nH]1. The molecule has 0 aromatic carbocycles. The highest BCUT2D eigenvalue weighted by molar-refractivity contribution is 6.30. The second kappa shape index (κ2) is 7.45. The summed E-state index contributed by atoms with van der Waals surface area (Å²) in [6.45, 7) is 3.78. The van der Waals surface area contributed by atoms with E-state index < -0.39 is 0 Å². The molecule has 20 heavy (non-hydrogen) atoms. The second-order valence-electron chi connectivity index (χ2n) is 4.93. The first-order valence-electron chi connectivity index (χ1n) is 7.11. The summed E-state index contributed by atoms with van der Waals surface area (Å²) in [5.74, 6) is 0.986. The fourth-order valence-corrected chi connectivity index (χ4v) is 2.31. The molecule has 5 nitrogen and oxygen atoms in total. The summed E-state index contributed by atoms with van der Waals surface area (Å²) >= 11 is 6.13. The number of H-pyrrole nitrogens is 1. The molecular formula is C14H22ClN5. The fourth-order valence-electron chi connectivity index (χ4n) is 2.10. The van der Waals surface area contributed by atoms with Crippen molar-refractivity contribution in [2.45, 2.75) is 39.2 Å². The third-order valence-electron chi connectivity index (χ3n) is 3.33. The lowest BCUT2D eigenvalue weighted by Crippen LogP contribution is -2.18. The van der Waals surface area contributed by atoms with Gasteiger partial charge in [0.2, 0.25) is 0 Å². The molecule has 2 aromatic heterocycles. The van der Waals surface area contributed by atoms with Crippen molar-refractivity contribution in [1.82, 2.24) is 25.1 Å². The summed E-state index contributed by atoms with van der Waals surface area (Å²) < 4.78 is 1.90. The monoisotopic (exact) mass is 295 g/mol. The molecule has 2 N–H and O–H groups in total. The summed E-state index contributed by atoms with van der Waals surface area (Å²) in [6.07, 6.45) is 6.03. The Bertz CT molecular complexity index is 531. The molecule has 0 aliphatic rings. The van der Waals surface area contributed by atoms with Crippen LogP contribution in [0.5, 0.6) is 0 Å². The Morgan fingerprint density at radius 3 is 2.95 bits per heavy atom. The average molecular weight is 296 g/mol. The van der Waals surface area contributed by atoms with Crippen molar-refractivity contribution in [2.24, 2.45) is 7.05 Å². The predicted octanol–water partition coefficient (Wildman–Crippen LogP) is 2.47. The molecule has 0 radical (unpaired) electrons. The molecule has 6 heteroatoms. The Kier molecular flexibility index (Phi) is 5.61. The van der Waals surface area contributed by atoms with E-state index in [1.54, 1.807) is 0 Å². The summed E-state index contributed by atoms with van der Waals surface area (Å²) in [6, 6.07) is 2.04. The predicted molar refractivity (Wildman–Crippen MR) is 80.8 cm³/mol. The molecule has 0 spiro atoms. The van der Waals surface area contributed by atoms with Crippen molar-refractivity contribution in [3.63, 3.8) is 0 Å². The van der Waals surface area contributed by atoms with Gasteiger partial charge in [-0.2, -0.15) is 5.10 Å². The molecule has 0 bridgehead atoms. The third-order valence-corrected chi connectivity index (χ3v) is 3.64. The highest BCUT2D eigenvalue weighted by Gasteiger charge is 2.07. The minimum Gasteiger partial charge on any atom is -0.344 e. The quantitative estimate of drug-likeness (QED) is 0.736. The van der Waals surface area contributed by atoms with Crippen molar-refractivity contribution in [1.29, 1.82) is 0 Å². The van der Waals surface area contributed by atoms with Crippen LogP contribution in [0.4, 0.5) is 0 Å². The number of halogens is 1. The van der Waals surface area contributed by atoms with Crippen LogP contribution in [-0.2, 0) is 26.4 Å². The molecule has 0 amide bonds. The van der Waals surface area contributed by atoms with Crippen LogP contribution in [0.2, 0.25) is 5.15 Å².